The molecule has 0 atom stereocenters. The molecule has 1 amide bonds. The van der Waals surface area contributed by atoms with Gasteiger partial charge in [0.15, 0.2) is 5.17 Å². The van der Waals surface area contributed by atoms with E-state index in [0.717, 1.165) is 16.8 Å². The standard InChI is InChI=1S/C17H14N2OS/c1-12-6-5-9-14(10-12)18-17-19-16(20)15(21-17)11-13-7-3-2-4-8-13/h2-11H,1H3,(H,18,19,20)/b15-11-. The Hall–Kier alpha value is -2.33. The van der Waals surface area contributed by atoms with Crippen LogP contribution in [-0.2, 0) is 4.79 Å². The van der Waals surface area contributed by atoms with Gasteiger partial charge in [-0.15, -0.1) is 0 Å². The van der Waals surface area contributed by atoms with Crippen LogP contribution in [0.2, 0.25) is 0 Å². The highest BCUT2D eigenvalue weighted by atomic mass is 32.2. The van der Waals surface area contributed by atoms with E-state index in [-0.39, 0.29) is 5.91 Å². The van der Waals surface area contributed by atoms with Crippen LogP contribution in [0.3, 0.4) is 0 Å². The molecule has 1 fully saturated rings. The summed E-state index contributed by atoms with van der Waals surface area (Å²) in [5, 5.41) is 3.42. The minimum Gasteiger partial charge on any atom is -0.300 e. The van der Waals surface area contributed by atoms with Gasteiger partial charge in [-0.3, -0.25) is 4.79 Å². The molecule has 4 heteroatoms. The number of carbonyl (C=O) groups excluding carboxylic acids is 1. The molecule has 2 aromatic carbocycles. The molecule has 1 aliphatic rings. The first-order valence-corrected chi connectivity index (χ1v) is 7.44. The maximum absolute atomic E-state index is 12.0. The Kier molecular flexibility index (Phi) is 3.88. The Bertz CT molecular complexity index is 735. The van der Waals surface area contributed by atoms with Crippen molar-refractivity contribution in [2.75, 3.05) is 0 Å². The predicted molar refractivity (Wildman–Crippen MR) is 88.4 cm³/mol. The Morgan fingerprint density at radius 3 is 2.67 bits per heavy atom. The van der Waals surface area contributed by atoms with Crippen LogP contribution in [0, 0.1) is 6.92 Å². The van der Waals surface area contributed by atoms with Gasteiger partial charge in [-0.2, -0.15) is 0 Å². The minimum atomic E-state index is -0.102. The van der Waals surface area contributed by atoms with E-state index in [1.54, 1.807) is 0 Å². The van der Waals surface area contributed by atoms with Crippen LogP contribution in [0.1, 0.15) is 11.1 Å². The summed E-state index contributed by atoms with van der Waals surface area (Å²) in [6, 6.07) is 17.7. The highest BCUT2D eigenvalue weighted by molar-refractivity contribution is 8.18. The van der Waals surface area contributed by atoms with Crippen LogP contribution in [-0.4, -0.2) is 11.1 Å². The molecule has 0 aromatic heterocycles. The smallest absolute Gasteiger partial charge is 0.264 e. The highest BCUT2D eigenvalue weighted by Gasteiger charge is 2.23. The predicted octanol–water partition coefficient (Wildman–Crippen LogP) is 3.89. The molecule has 1 saturated heterocycles. The Morgan fingerprint density at radius 2 is 1.90 bits per heavy atom. The zero-order valence-electron chi connectivity index (χ0n) is 11.5. The van der Waals surface area contributed by atoms with Crippen LogP contribution in [0.4, 0.5) is 5.69 Å². The number of carbonyl (C=O) groups is 1. The molecule has 104 valence electrons. The van der Waals surface area contributed by atoms with Crippen LogP contribution < -0.4 is 5.32 Å². The maximum Gasteiger partial charge on any atom is 0.264 e. The van der Waals surface area contributed by atoms with Crippen LogP contribution in [0.15, 0.2) is 64.5 Å². The van der Waals surface area contributed by atoms with E-state index in [1.165, 1.54) is 11.8 Å². The molecule has 21 heavy (non-hydrogen) atoms. The second kappa shape index (κ2) is 5.97. The first-order chi connectivity index (χ1) is 10.2. The lowest BCUT2D eigenvalue weighted by Gasteiger charge is -1.97. The summed E-state index contributed by atoms with van der Waals surface area (Å²) in [7, 11) is 0. The number of amidine groups is 1. The molecule has 0 saturated carbocycles. The first kappa shape index (κ1) is 13.6. The van der Waals surface area contributed by atoms with Crippen molar-refractivity contribution in [3.8, 4) is 0 Å². The average molecular weight is 294 g/mol. The number of nitrogens with zero attached hydrogens (tertiary/aromatic N) is 1. The number of hydrogen-bond acceptors (Lipinski definition) is 3. The largest absolute Gasteiger partial charge is 0.300 e. The topological polar surface area (TPSA) is 41.5 Å². The van der Waals surface area contributed by atoms with Crippen molar-refractivity contribution in [1.29, 1.82) is 0 Å². The normalized spacial score (nSPS) is 18.2. The van der Waals surface area contributed by atoms with E-state index in [1.807, 2.05) is 67.6 Å². The Morgan fingerprint density at radius 1 is 1.10 bits per heavy atom. The molecular formula is C17H14N2OS. The lowest BCUT2D eigenvalue weighted by molar-refractivity contribution is -0.115. The molecule has 0 spiro atoms. The zero-order valence-corrected chi connectivity index (χ0v) is 12.4. The van der Waals surface area contributed by atoms with Gasteiger partial charge in [-0.1, -0.05) is 42.5 Å². The van der Waals surface area contributed by atoms with E-state index in [4.69, 9.17) is 0 Å². The third kappa shape index (κ3) is 3.41. The number of thioether (sulfide) groups is 1. The molecule has 3 rings (SSSR count). The van der Waals surface area contributed by atoms with Gasteiger partial charge in [0.2, 0.25) is 0 Å². The van der Waals surface area contributed by atoms with E-state index in [9.17, 15) is 4.79 Å². The SMILES string of the molecule is Cc1cccc(N=C2NC(=O)/C(=C/c3ccccc3)S2)c1. The van der Waals surface area contributed by atoms with Crippen molar-refractivity contribution in [1.82, 2.24) is 5.32 Å². The highest BCUT2D eigenvalue weighted by Crippen LogP contribution is 2.28. The Labute approximate surface area is 127 Å². The van der Waals surface area contributed by atoms with Crippen molar-refractivity contribution < 1.29 is 4.79 Å². The van der Waals surface area contributed by atoms with Crippen LogP contribution in [0.25, 0.3) is 6.08 Å². The molecule has 1 N–H and O–H groups in total. The fourth-order valence-corrected chi connectivity index (χ4v) is 2.84. The molecule has 0 bridgehead atoms. The van der Waals surface area contributed by atoms with Crippen molar-refractivity contribution in [2.45, 2.75) is 6.92 Å². The van der Waals surface area contributed by atoms with Crippen LogP contribution >= 0.6 is 11.8 Å². The molecule has 0 aliphatic carbocycles. The van der Waals surface area contributed by atoms with Gasteiger partial charge in [0.05, 0.1) is 10.6 Å². The average Bonchev–Trinajstić information content (AvgIpc) is 2.80. The summed E-state index contributed by atoms with van der Waals surface area (Å²) in [6.45, 7) is 2.02. The first-order valence-electron chi connectivity index (χ1n) is 6.62. The van der Waals surface area contributed by atoms with Gasteiger partial charge in [0, 0.05) is 0 Å². The van der Waals surface area contributed by atoms with Gasteiger partial charge < -0.3 is 5.32 Å². The van der Waals surface area contributed by atoms with Crippen molar-refractivity contribution in [3.63, 3.8) is 0 Å². The van der Waals surface area contributed by atoms with Crippen molar-refractivity contribution in [3.05, 3.63) is 70.6 Å². The molecule has 0 radical (unpaired) electrons. The second-order valence-corrected chi connectivity index (χ2v) is 5.76. The van der Waals surface area contributed by atoms with E-state index in [0.29, 0.717) is 10.1 Å². The van der Waals surface area contributed by atoms with Gasteiger partial charge in [0.25, 0.3) is 5.91 Å². The summed E-state index contributed by atoms with van der Waals surface area (Å²) >= 11 is 1.36. The monoisotopic (exact) mass is 294 g/mol. The summed E-state index contributed by atoms with van der Waals surface area (Å²) in [5.41, 5.74) is 3.00. The Balaban J connectivity index is 1.83. The summed E-state index contributed by atoms with van der Waals surface area (Å²) in [6.07, 6.45) is 1.87. The molecule has 2 aromatic rings. The van der Waals surface area contributed by atoms with Gasteiger partial charge >= 0.3 is 0 Å². The van der Waals surface area contributed by atoms with E-state index >= 15 is 0 Å². The summed E-state index contributed by atoms with van der Waals surface area (Å²) in [4.78, 5) is 17.1. The number of rotatable bonds is 2. The lowest BCUT2D eigenvalue weighted by Crippen LogP contribution is -2.19. The molecule has 3 nitrogen and oxygen atoms in total. The van der Waals surface area contributed by atoms with Crippen molar-refractivity contribution >= 4 is 34.6 Å². The molecule has 1 heterocycles. The lowest BCUT2D eigenvalue weighted by atomic mass is 10.2. The number of hydrogen-bond donors (Lipinski definition) is 1. The molecular weight excluding hydrogens is 280 g/mol. The van der Waals surface area contributed by atoms with E-state index < -0.39 is 0 Å². The fraction of sp³-hybridized carbons (Fsp3) is 0.0588. The fourth-order valence-electron chi connectivity index (χ4n) is 2.00. The van der Waals surface area contributed by atoms with Gasteiger partial charge in [0.1, 0.15) is 0 Å². The number of nitrogens with one attached hydrogen (secondary N) is 1. The summed E-state index contributed by atoms with van der Waals surface area (Å²) < 4.78 is 0. The van der Waals surface area contributed by atoms with Gasteiger partial charge in [-0.05, 0) is 48.0 Å². The van der Waals surface area contributed by atoms with Gasteiger partial charge in [-0.25, -0.2) is 4.99 Å². The molecule has 1 aliphatic heterocycles. The second-order valence-electron chi connectivity index (χ2n) is 4.73. The minimum absolute atomic E-state index is 0.102. The van der Waals surface area contributed by atoms with Crippen LogP contribution in [0.5, 0.6) is 0 Å². The molecule has 0 unspecified atom stereocenters. The number of aliphatic imine (C=N–C) groups is 1. The third-order valence-corrected chi connectivity index (χ3v) is 3.89. The third-order valence-electron chi connectivity index (χ3n) is 2.98. The van der Waals surface area contributed by atoms with E-state index in [2.05, 4.69) is 10.3 Å². The summed E-state index contributed by atoms with van der Waals surface area (Å²) in [5.74, 6) is -0.102. The number of amides is 1. The maximum atomic E-state index is 12.0. The quantitative estimate of drug-likeness (QED) is 0.854. The zero-order chi connectivity index (χ0) is 14.7. The number of aryl methyl sites for hydroxylation is 1. The van der Waals surface area contributed by atoms with Crippen molar-refractivity contribution in [2.24, 2.45) is 4.99 Å². The number of benzene rings is 2.